The summed E-state index contributed by atoms with van der Waals surface area (Å²) < 4.78 is 0. The van der Waals surface area contributed by atoms with Gasteiger partial charge in [0.05, 0.1) is 26.9 Å². The Labute approximate surface area is 211 Å². The molecule has 0 atom stereocenters. The zero-order chi connectivity index (χ0) is 25.3. The van der Waals surface area contributed by atoms with Gasteiger partial charge in [0.1, 0.15) is 0 Å². The highest BCUT2D eigenvalue weighted by atomic mass is 35.5. The summed E-state index contributed by atoms with van der Waals surface area (Å²) in [7, 11) is 0. The van der Waals surface area contributed by atoms with Gasteiger partial charge in [-0.2, -0.15) is 0 Å². The van der Waals surface area contributed by atoms with Crippen LogP contribution in [0.15, 0.2) is 85.2 Å². The fourth-order valence-corrected chi connectivity index (χ4v) is 3.77. The minimum Gasteiger partial charge on any atom is -0.399 e. The number of hydrogen-bond donors (Lipinski definition) is 3. The van der Waals surface area contributed by atoms with Gasteiger partial charge >= 0.3 is 0 Å². The molecule has 4 nitrogen and oxygen atoms in total. The summed E-state index contributed by atoms with van der Waals surface area (Å²) in [6, 6.07) is 21.0. The average Bonchev–Trinajstić information content (AvgIpc) is 2.78. The van der Waals surface area contributed by atoms with Crippen molar-refractivity contribution in [2.75, 3.05) is 4.90 Å². The third-order valence-corrected chi connectivity index (χ3v) is 6.39. The summed E-state index contributed by atoms with van der Waals surface area (Å²) in [5, 5.41) is 21.6. The van der Waals surface area contributed by atoms with Crippen LogP contribution in [0.1, 0.15) is 38.8 Å². The van der Waals surface area contributed by atoms with Crippen LogP contribution in [0.5, 0.6) is 0 Å². The molecule has 6 heteroatoms. The first-order valence-electron chi connectivity index (χ1n) is 10.8. The second kappa shape index (κ2) is 9.85. The Morgan fingerprint density at radius 2 is 1.53 bits per heavy atom. The molecule has 0 aliphatic rings. The Balaban J connectivity index is 2.05. The standard InChI is InChI=1S/C28H30Cl2N2O2/c1-18(23-10-7-11-24(29)26(23)30)32(17-25(31)28(4,5)34)22-14-12-19(13-15-22)20-8-6-9-21(16-20)27(2,3)33/h6-17,33-34H,1,31H2,2-5H3/b25-17-. The number of halogens is 2. The lowest BCUT2D eigenvalue weighted by molar-refractivity contribution is 0.0786. The van der Waals surface area contributed by atoms with Crippen molar-refractivity contribution in [1.29, 1.82) is 0 Å². The summed E-state index contributed by atoms with van der Waals surface area (Å²) in [6.07, 6.45) is 1.64. The summed E-state index contributed by atoms with van der Waals surface area (Å²) in [4.78, 5) is 1.78. The van der Waals surface area contributed by atoms with Crippen LogP contribution in [0.4, 0.5) is 5.69 Å². The second-order valence-electron chi connectivity index (χ2n) is 9.25. The van der Waals surface area contributed by atoms with Crippen molar-refractivity contribution < 1.29 is 10.2 Å². The van der Waals surface area contributed by atoms with Crippen molar-refractivity contribution >= 4 is 34.6 Å². The van der Waals surface area contributed by atoms with Gasteiger partial charge in [0.25, 0.3) is 0 Å². The van der Waals surface area contributed by atoms with Crippen molar-refractivity contribution in [1.82, 2.24) is 0 Å². The third-order valence-electron chi connectivity index (χ3n) is 5.58. The topological polar surface area (TPSA) is 69.7 Å². The molecule has 0 fully saturated rings. The predicted molar refractivity (Wildman–Crippen MR) is 144 cm³/mol. The highest BCUT2D eigenvalue weighted by Gasteiger charge is 2.21. The molecular formula is C28H30Cl2N2O2. The number of anilines is 1. The molecule has 0 aliphatic heterocycles. The Morgan fingerprint density at radius 1 is 0.912 bits per heavy atom. The van der Waals surface area contributed by atoms with E-state index in [-0.39, 0.29) is 5.70 Å². The Morgan fingerprint density at radius 3 is 2.12 bits per heavy atom. The number of nitrogens with two attached hydrogens (primary N) is 1. The molecule has 0 unspecified atom stereocenters. The minimum atomic E-state index is -1.23. The van der Waals surface area contributed by atoms with Gasteiger partial charge < -0.3 is 20.8 Å². The minimum absolute atomic E-state index is 0.258. The molecule has 178 valence electrons. The maximum atomic E-state index is 10.4. The van der Waals surface area contributed by atoms with Crippen LogP contribution in [0.25, 0.3) is 16.8 Å². The lowest BCUT2D eigenvalue weighted by Crippen LogP contribution is -2.30. The van der Waals surface area contributed by atoms with E-state index in [1.807, 2.05) is 54.6 Å². The average molecular weight is 497 g/mol. The predicted octanol–water partition coefficient (Wildman–Crippen LogP) is 6.94. The van der Waals surface area contributed by atoms with E-state index in [9.17, 15) is 10.2 Å². The van der Waals surface area contributed by atoms with Crippen molar-refractivity contribution in [2.45, 2.75) is 38.9 Å². The molecule has 0 spiro atoms. The third kappa shape index (κ3) is 5.83. The molecular weight excluding hydrogens is 467 g/mol. The van der Waals surface area contributed by atoms with Gasteiger partial charge in [-0.15, -0.1) is 0 Å². The van der Waals surface area contributed by atoms with E-state index in [2.05, 4.69) is 6.58 Å². The Kier molecular flexibility index (Phi) is 7.49. The van der Waals surface area contributed by atoms with E-state index in [0.717, 1.165) is 22.4 Å². The van der Waals surface area contributed by atoms with Gasteiger partial charge in [0.15, 0.2) is 0 Å². The van der Waals surface area contributed by atoms with Crippen molar-refractivity contribution in [2.24, 2.45) is 5.73 Å². The molecule has 34 heavy (non-hydrogen) atoms. The number of rotatable bonds is 7. The van der Waals surface area contributed by atoms with Gasteiger partial charge in [-0.05, 0) is 68.7 Å². The lowest BCUT2D eigenvalue weighted by atomic mass is 9.94. The van der Waals surface area contributed by atoms with Crippen LogP contribution in [-0.4, -0.2) is 15.8 Å². The highest BCUT2D eigenvalue weighted by molar-refractivity contribution is 6.43. The highest BCUT2D eigenvalue weighted by Crippen LogP contribution is 2.35. The molecule has 3 aromatic carbocycles. The lowest BCUT2D eigenvalue weighted by Gasteiger charge is -2.28. The molecule has 0 aliphatic carbocycles. The smallest absolute Gasteiger partial charge is 0.0997 e. The first-order chi connectivity index (χ1) is 15.8. The molecule has 0 heterocycles. The zero-order valence-corrected chi connectivity index (χ0v) is 21.3. The molecule has 0 bridgehead atoms. The van der Waals surface area contributed by atoms with Gasteiger partial charge in [0, 0.05) is 23.1 Å². The van der Waals surface area contributed by atoms with E-state index >= 15 is 0 Å². The Hall–Kier alpha value is -2.76. The molecule has 0 saturated heterocycles. The van der Waals surface area contributed by atoms with Crippen LogP contribution >= 0.6 is 23.2 Å². The van der Waals surface area contributed by atoms with E-state index < -0.39 is 11.2 Å². The number of aliphatic hydroxyl groups is 2. The van der Waals surface area contributed by atoms with Gasteiger partial charge in [-0.25, -0.2) is 0 Å². The van der Waals surface area contributed by atoms with Crippen molar-refractivity contribution in [3.8, 4) is 11.1 Å². The largest absolute Gasteiger partial charge is 0.399 e. The SMILES string of the molecule is C=C(c1cccc(Cl)c1Cl)N(/C=C(\N)C(C)(C)O)c1ccc(-c2cccc(C(C)(C)O)c2)cc1. The molecule has 4 N–H and O–H groups in total. The van der Waals surface area contributed by atoms with E-state index in [1.165, 1.54) is 0 Å². The van der Waals surface area contributed by atoms with Gasteiger partial charge in [-0.1, -0.05) is 72.2 Å². The molecule has 3 aromatic rings. The van der Waals surface area contributed by atoms with Crippen molar-refractivity contribution in [3.63, 3.8) is 0 Å². The summed E-state index contributed by atoms with van der Waals surface area (Å²) in [6.45, 7) is 11.0. The van der Waals surface area contributed by atoms with Crippen LogP contribution < -0.4 is 10.6 Å². The van der Waals surface area contributed by atoms with Crippen LogP contribution in [0.2, 0.25) is 10.0 Å². The molecule has 0 radical (unpaired) electrons. The van der Waals surface area contributed by atoms with E-state index in [4.69, 9.17) is 28.9 Å². The second-order valence-corrected chi connectivity index (χ2v) is 10.0. The Bertz CT molecular complexity index is 1220. The van der Waals surface area contributed by atoms with Crippen LogP contribution in [0.3, 0.4) is 0 Å². The summed E-state index contributed by atoms with van der Waals surface area (Å²) in [5.41, 5.74) is 9.08. The van der Waals surface area contributed by atoms with E-state index in [0.29, 0.717) is 21.3 Å². The zero-order valence-electron chi connectivity index (χ0n) is 19.8. The molecule has 0 aromatic heterocycles. The molecule has 0 amide bonds. The monoisotopic (exact) mass is 496 g/mol. The van der Waals surface area contributed by atoms with Gasteiger partial charge in [0.2, 0.25) is 0 Å². The number of nitrogens with zero attached hydrogens (tertiary/aromatic N) is 1. The molecule has 0 saturated carbocycles. The summed E-state index contributed by atoms with van der Waals surface area (Å²) >= 11 is 12.7. The first-order valence-corrected chi connectivity index (χ1v) is 11.6. The number of benzene rings is 3. The van der Waals surface area contributed by atoms with E-state index in [1.54, 1.807) is 50.9 Å². The quantitative estimate of drug-likeness (QED) is 0.331. The van der Waals surface area contributed by atoms with Crippen LogP contribution in [0, 0.1) is 0 Å². The summed E-state index contributed by atoms with van der Waals surface area (Å²) in [5.74, 6) is 0. The fourth-order valence-electron chi connectivity index (χ4n) is 3.36. The fraction of sp³-hybridized carbons (Fsp3) is 0.214. The first kappa shape index (κ1) is 25.9. The van der Waals surface area contributed by atoms with Crippen LogP contribution in [-0.2, 0) is 5.60 Å². The normalized spacial score (nSPS) is 12.5. The maximum absolute atomic E-state index is 10.4. The van der Waals surface area contributed by atoms with Gasteiger partial charge in [-0.3, -0.25) is 0 Å². The number of hydrogen-bond acceptors (Lipinski definition) is 4. The maximum Gasteiger partial charge on any atom is 0.0997 e. The van der Waals surface area contributed by atoms with Crippen molar-refractivity contribution in [3.05, 3.63) is 106 Å². The molecule has 3 rings (SSSR count).